The first-order valence-corrected chi connectivity index (χ1v) is 14.9. The Hall–Kier alpha value is -2.78. The molecule has 0 heterocycles. The Bertz CT molecular complexity index is 1420. The van der Waals surface area contributed by atoms with Crippen molar-refractivity contribution in [2.45, 2.75) is 50.7 Å². The van der Waals surface area contributed by atoms with Crippen molar-refractivity contribution in [2.75, 3.05) is 10.8 Å². The second-order valence-electron chi connectivity index (χ2n) is 9.16. The Morgan fingerprint density at radius 2 is 1.59 bits per heavy atom. The van der Waals surface area contributed by atoms with Gasteiger partial charge in [-0.3, -0.25) is 13.9 Å². The van der Waals surface area contributed by atoms with Gasteiger partial charge in [0, 0.05) is 17.6 Å². The van der Waals surface area contributed by atoms with Gasteiger partial charge in [-0.2, -0.15) is 0 Å². The van der Waals surface area contributed by atoms with E-state index < -0.39 is 28.5 Å². The van der Waals surface area contributed by atoms with E-state index in [0.29, 0.717) is 27.1 Å². The number of hydrogen-bond acceptors (Lipinski definition) is 4. The molecule has 39 heavy (non-hydrogen) atoms. The van der Waals surface area contributed by atoms with Crippen molar-refractivity contribution in [1.82, 2.24) is 10.2 Å². The van der Waals surface area contributed by atoms with E-state index in [2.05, 4.69) is 5.32 Å². The fourth-order valence-corrected chi connectivity index (χ4v) is 5.95. The minimum Gasteiger partial charge on any atom is -0.352 e. The van der Waals surface area contributed by atoms with E-state index in [-0.39, 0.29) is 29.1 Å². The Kier molecular flexibility index (Phi) is 10.7. The molecule has 0 saturated carbocycles. The molecule has 0 bridgehead atoms. The highest BCUT2D eigenvalue weighted by Crippen LogP contribution is 2.28. The van der Waals surface area contributed by atoms with Gasteiger partial charge in [-0.25, -0.2) is 8.42 Å². The molecule has 7 nitrogen and oxygen atoms in total. The number of rotatable bonds is 11. The zero-order valence-corrected chi connectivity index (χ0v) is 24.9. The standard InChI is InChI=1S/C28H30Cl3N3O4S/c1-4-26(28(36)32-19(2)3)33(17-20-13-14-24(30)25(31)15-20)27(35)18-34(22-10-8-9-21(29)16-22)39(37,38)23-11-6-5-7-12-23/h5-16,19,26H,4,17-18H2,1-3H3,(H,32,36). The van der Waals surface area contributed by atoms with E-state index in [4.69, 9.17) is 34.8 Å². The fourth-order valence-electron chi connectivity index (χ4n) is 4.01. The monoisotopic (exact) mass is 609 g/mol. The van der Waals surface area contributed by atoms with Crippen LogP contribution >= 0.6 is 34.8 Å². The van der Waals surface area contributed by atoms with Crippen molar-refractivity contribution in [3.8, 4) is 0 Å². The SMILES string of the molecule is CCC(C(=O)NC(C)C)N(Cc1ccc(Cl)c(Cl)c1)C(=O)CN(c1cccc(Cl)c1)S(=O)(=O)c1ccccc1. The number of nitrogens with one attached hydrogen (secondary N) is 1. The van der Waals surface area contributed by atoms with Crippen LogP contribution in [0.3, 0.4) is 0 Å². The van der Waals surface area contributed by atoms with Crippen LogP contribution in [0.4, 0.5) is 5.69 Å². The van der Waals surface area contributed by atoms with Crippen molar-refractivity contribution in [2.24, 2.45) is 0 Å². The van der Waals surface area contributed by atoms with E-state index in [0.717, 1.165) is 4.31 Å². The van der Waals surface area contributed by atoms with Gasteiger partial charge >= 0.3 is 0 Å². The maximum absolute atomic E-state index is 14.0. The topological polar surface area (TPSA) is 86.8 Å². The smallest absolute Gasteiger partial charge is 0.264 e. The molecule has 0 saturated heterocycles. The maximum atomic E-state index is 14.0. The Morgan fingerprint density at radius 3 is 2.18 bits per heavy atom. The number of carbonyl (C=O) groups is 2. The van der Waals surface area contributed by atoms with Gasteiger partial charge in [0.05, 0.1) is 20.6 Å². The van der Waals surface area contributed by atoms with Gasteiger partial charge in [-0.15, -0.1) is 0 Å². The molecule has 11 heteroatoms. The lowest BCUT2D eigenvalue weighted by Gasteiger charge is -2.33. The third-order valence-corrected chi connectivity index (χ3v) is 8.62. The Labute approximate surface area is 244 Å². The first-order chi connectivity index (χ1) is 18.4. The second-order valence-corrected chi connectivity index (χ2v) is 12.3. The first-order valence-electron chi connectivity index (χ1n) is 12.3. The third-order valence-electron chi connectivity index (χ3n) is 5.86. The highest BCUT2D eigenvalue weighted by atomic mass is 35.5. The van der Waals surface area contributed by atoms with Gasteiger partial charge in [0.25, 0.3) is 10.0 Å². The lowest BCUT2D eigenvalue weighted by atomic mass is 10.1. The first kappa shape index (κ1) is 30.8. The van der Waals surface area contributed by atoms with Gasteiger partial charge in [-0.1, -0.05) is 72.1 Å². The van der Waals surface area contributed by atoms with E-state index >= 15 is 0 Å². The summed E-state index contributed by atoms with van der Waals surface area (Å²) in [6.45, 7) is 4.88. The van der Waals surface area contributed by atoms with Gasteiger partial charge in [-0.05, 0) is 68.3 Å². The molecule has 208 valence electrons. The lowest BCUT2D eigenvalue weighted by molar-refractivity contribution is -0.140. The minimum absolute atomic E-state index is 0.00845. The van der Waals surface area contributed by atoms with Crippen LogP contribution in [-0.4, -0.2) is 43.8 Å². The minimum atomic E-state index is -4.17. The molecular weight excluding hydrogens is 581 g/mol. The molecule has 0 spiro atoms. The largest absolute Gasteiger partial charge is 0.352 e. The summed E-state index contributed by atoms with van der Waals surface area (Å²) < 4.78 is 28.5. The molecule has 0 aromatic heterocycles. The number of amides is 2. The van der Waals surface area contributed by atoms with Crippen molar-refractivity contribution in [1.29, 1.82) is 0 Å². The molecule has 0 aliphatic heterocycles. The number of sulfonamides is 1. The summed E-state index contributed by atoms with van der Waals surface area (Å²) in [7, 11) is -4.17. The average molecular weight is 611 g/mol. The molecule has 3 aromatic rings. The van der Waals surface area contributed by atoms with Crippen molar-refractivity contribution >= 4 is 62.3 Å². The molecule has 0 radical (unpaired) electrons. The Balaban J connectivity index is 2.07. The van der Waals surface area contributed by atoms with E-state index in [1.54, 1.807) is 61.5 Å². The van der Waals surface area contributed by atoms with Crippen molar-refractivity contribution in [3.05, 3.63) is 93.4 Å². The zero-order chi connectivity index (χ0) is 28.7. The molecule has 0 aliphatic rings. The molecular formula is C28H30Cl3N3O4S. The van der Waals surface area contributed by atoms with Crippen LogP contribution in [0.2, 0.25) is 15.1 Å². The van der Waals surface area contributed by atoms with E-state index in [9.17, 15) is 18.0 Å². The van der Waals surface area contributed by atoms with Gasteiger partial charge in [0.2, 0.25) is 11.8 Å². The molecule has 1 N–H and O–H groups in total. The normalized spacial score (nSPS) is 12.2. The van der Waals surface area contributed by atoms with Crippen LogP contribution in [0.1, 0.15) is 32.8 Å². The number of anilines is 1. The zero-order valence-electron chi connectivity index (χ0n) is 21.8. The van der Waals surface area contributed by atoms with E-state index in [1.807, 2.05) is 13.8 Å². The third kappa shape index (κ3) is 7.88. The molecule has 3 rings (SSSR count). The van der Waals surface area contributed by atoms with E-state index in [1.165, 1.54) is 23.1 Å². The maximum Gasteiger partial charge on any atom is 0.264 e. The number of halogens is 3. The van der Waals surface area contributed by atoms with Gasteiger partial charge < -0.3 is 10.2 Å². The summed E-state index contributed by atoms with van der Waals surface area (Å²) in [4.78, 5) is 28.5. The molecule has 1 atom stereocenters. The van der Waals surface area contributed by atoms with Crippen LogP contribution in [0, 0.1) is 0 Å². The summed E-state index contributed by atoms with van der Waals surface area (Å²) in [5.74, 6) is -0.924. The molecule has 3 aromatic carbocycles. The fraction of sp³-hybridized carbons (Fsp3) is 0.286. The lowest BCUT2D eigenvalue weighted by Crippen LogP contribution is -2.53. The molecule has 1 unspecified atom stereocenters. The molecule has 0 fully saturated rings. The quantitative estimate of drug-likeness (QED) is 0.281. The van der Waals surface area contributed by atoms with Crippen molar-refractivity contribution in [3.63, 3.8) is 0 Å². The predicted octanol–water partition coefficient (Wildman–Crippen LogP) is 6.17. The predicted molar refractivity (Wildman–Crippen MR) is 157 cm³/mol. The van der Waals surface area contributed by atoms with Crippen LogP contribution in [0.15, 0.2) is 77.7 Å². The number of hydrogen-bond donors (Lipinski definition) is 1. The second kappa shape index (κ2) is 13.5. The summed E-state index contributed by atoms with van der Waals surface area (Å²) in [6.07, 6.45) is 0.300. The number of carbonyl (C=O) groups excluding carboxylic acids is 2. The molecule has 2 amide bonds. The average Bonchev–Trinajstić information content (AvgIpc) is 2.89. The van der Waals surface area contributed by atoms with Crippen LogP contribution in [-0.2, 0) is 26.2 Å². The van der Waals surface area contributed by atoms with Crippen LogP contribution in [0.25, 0.3) is 0 Å². The summed E-state index contributed by atoms with van der Waals surface area (Å²) >= 11 is 18.5. The highest BCUT2D eigenvalue weighted by molar-refractivity contribution is 7.92. The van der Waals surface area contributed by atoms with Crippen molar-refractivity contribution < 1.29 is 18.0 Å². The van der Waals surface area contributed by atoms with Gasteiger partial charge in [0.15, 0.2) is 0 Å². The summed E-state index contributed by atoms with van der Waals surface area (Å²) in [6, 6.07) is 18.0. The Morgan fingerprint density at radius 1 is 0.897 bits per heavy atom. The van der Waals surface area contributed by atoms with Crippen LogP contribution in [0.5, 0.6) is 0 Å². The summed E-state index contributed by atoms with van der Waals surface area (Å²) in [5, 5.41) is 3.81. The van der Waals surface area contributed by atoms with Gasteiger partial charge in [0.1, 0.15) is 12.6 Å². The number of benzene rings is 3. The highest BCUT2D eigenvalue weighted by Gasteiger charge is 2.34. The molecule has 0 aliphatic carbocycles. The number of nitrogens with zero attached hydrogens (tertiary/aromatic N) is 2. The summed E-state index contributed by atoms with van der Waals surface area (Å²) in [5.41, 5.74) is 0.850. The van der Waals surface area contributed by atoms with Crippen LogP contribution < -0.4 is 9.62 Å².